The summed E-state index contributed by atoms with van der Waals surface area (Å²) in [5.41, 5.74) is 0. The summed E-state index contributed by atoms with van der Waals surface area (Å²) in [6.07, 6.45) is 4.86. The molecule has 1 unspecified atom stereocenters. The maximum Gasteiger partial charge on any atom is 0.323 e. The quantitative estimate of drug-likeness (QED) is 0.800. The standard InChI is InChI=1S/C13H23N5OS/c1-3-7-19-13-17-11(14-2)16-12(18-13)15-9-10-6-4-5-8-20-10/h10H,3-9H2,1-2H3,(H2,14,15,16,17,18). The summed E-state index contributed by atoms with van der Waals surface area (Å²) in [7, 11) is 1.79. The first kappa shape index (κ1) is 15.2. The van der Waals surface area contributed by atoms with Crippen LogP contribution in [0.25, 0.3) is 0 Å². The van der Waals surface area contributed by atoms with Crippen molar-refractivity contribution in [3.8, 4) is 6.01 Å². The lowest BCUT2D eigenvalue weighted by Gasteiger charge is -2.21. The van der Waals surface area contributed by atoms with E-state index < -0.39 is 0 Å². The minimum atomic E-state index is 0.380. The van der Waals surface area contributed by atoms with E-state index in [4.69, 9.17) is 4.74 Å². The third kappa shape index (κ3) is 4.70. The Morgan fingerprint density at radius 2 is 2.10 bits per heavy atom. The van der Waals surface area contributed by atoms with Gasteiger partial charge in [-0.1, -0.05) is 13.3 Å². The summed E-state index contributed by atoms with van der Waals surface area (Å²) in [5.74, 6) is 2.38. The van der Waals surface area contributed by atoms with Crippen LogP contribution in [0, 0.1) is 0 Å². The molecule has 0 spiro atoms. The molecule has 6 nitrogen and oxygen atoms in total. The summed E-state index contributed by atoms with van der Waals surface area (Å²) in [4.78, 5) is 12.8. The second-order valence-corrected chi connectivity index (χ2v) is 6.14. The van der Waals surface area contributed by atoms with Crippen LogP contribution in [0.2, 0.25) is 0 Å². The van der Waals surface area contributed by atoms with Gasteiger partial charge in [-0.15, -0.1) is 0 Å². The van der Waals surface area contributed by atoms with Crippen molar-refractivity contribution in [2.45, 2.75) is 37.9 Å². The molecule has 0 aliphatic carbocycles. The van der Waals surface area contributed by atoms with E-state index in [9.17, 15) is 0 Å². The summed E-state index contributed by atoms with van der Waals surface area (Å²) in [6, 6.07) is 0.380. The lowest BCUT2D eigenvalue weighted by Crippen LogP contribution is -2.21. The van der Waals surface area contributed by atoms with Gasteiger partial charge in [0.05, 0.1) is 6.61 Å². The van der Waals surface area contributed by atoms with Crippen molar-refractivity contribution in [1.29, 1.82) is 0 Å². The molecule has 1 aromatic rings. The van der Waals surface area contributed by atoms with Gasteiger partial charge in [-0.3, -0.25) is 0 Å². The molecule has 112 valence electrons. The smallest absolute Gasteiger partial charge is 0.323 e. The molecule has 0 saturated carbocycles. The topological polar surface area (TPSA) is 72.0 Å². The Morgan fingerprint density at radius 1 is 1.25 bits per heavy atom. The van der Waals surface area contributed by atoms with Crippen LogP contribution in [0.4, 0.5) is 11.9 Å². The second-order valence-electron chi connectivity index (χ2n) is 4.73. The highest BCUT2D eigenvalue weighted by Crippen LogP contribution is 2.25. The van der Waals surface area contributed by atoms with Crippen LogP contribution in [0.3, 0.4) is 0 Å². The fourth-order valence-corrected chi connectivity index (χ4v) is 3.22. The minimum absolute atomic E-state index is 0.380. The van der Waals surface area contributed by atoms with Gasteiger partial charge in [0.2, 0.25) is 11.9 Å². The monoisotopic (exact) mass is 297 g/mol. The van der Waals surface area contributed by atoms with Crippen molar-refractivity contribution in [3.05, 3.63) is 0 Å². The Bertz CT molecular complexity index is 412. The molecule has 2 N–H and O–H groups in total. The maximum atomic E-state index is 5.48. The van der Waals surface area contributed by atoms with E-state index in [1.165, 1.54) is 25.0 Å². The van der Waals surface area contributed by atoms with Crippen LogP contribution >= 0.6 is 11.8 Å². The molecule has 1 fully saturated rings. The Kier molecular flexibility index (Phi) is 6.17. The lowest BCUT2D eigenvalue weighted by atomic mass is 10.2. The molecule has 1 atom stereocenters. The molecular weight excluding hydrogens is 274 g/mol. The minimum Gasteiger partial charge on any atom is -0.463 e. The normalized spacial score (nSPS) is 18.6. The SMILES string of the molecule is CCCOc1nc(NC)nc(NCC2CCCCS2)n1. The lowest BCUT2D eigenvalue weighted by molar-refractivity contribution is 0.292. The first-order valence-electron chi connectivity index (χ1n) is 7.24. The largest absolute Gasteiger partial charge is 0.463 e. The van der Waals surface area contributed by atoms with E-state index in [-0.39, 0.29) is 0 Å². The van der Waals surface area contributed by atoms with Crippen molar-refractivity contribution >= 4 is 23.7 Å². The second kappa shape index (κ2) is 8.14. The van der Waals surface area contributed by atoms with Crippen LogP contribution < -0.4 is 15.4 Å². The number of ether oxygens (including phenoxy) is 1. The van der Waals surface area contributed by atoms with E-state index >= 15 is 0 Å². The fourth-order valence-electron chi connectivity index (χ4n) is 1.98. The first-order chi connectivity index (χ1) is 9.81. The number of hydrogen-bond donors (Lipinski definition) is 2. The molecule has 7 heteroatoms. The van der Waals surface area contributed by atoms with Gasteiger partial charge in [-0.25, -0.2) is 0 Å². The van der Waals surface area contributed by atoms with Crippen LogP contribution in [-0.4, -0.2) is 46.2 Å². The van der Waals surface area contributed by atoms with Gasteiger partial charge in [0, 0.05) is 18.8 Å². The summed E-state index contributed by atoms with van der Waals surface area (Å²) in [5, 5.41) is 6.89. The van der Waals surface area contributed by atoms with Gasteiger partial charge in [-0.2, -0.15) is 26.7 Å². The molecule has 0 bridgehead atoms. The highest BCUT2D eigenvalue weighted by Gasteiger charge is 2.14. The van der Waals surface area contributed by atoms with Crippen molar-refractivity contribution in [2.24, 2.45) is 0 Å². The third-order valence-electron chi connectivity index (χ3n) is 3.04. The van der Waals surface area contributed by atoms with Gasteiger partial charge in [0.1, 0.15) is 0 Å². The Morgan fingerprint density at radius 3 is 2.80 bits per heavy atom. The molecule has 1 saturated heterocycles. The Balaban J connectivity index is 1.94. The Labute approximate surface area is 124 Å². The molecule has 2 rings (SSSR count). The van der Waals surface area contributed by atoms with E-state index in [1.807, 2.05) is 11.8 Å². The van der Waals surface area contributed by atoms with Crippen molar-refractivity contribution in [2.75, 3.05) is 36.6 Å². The van der Waals surface area contributed by atoms with E-state index in [1.54, 1.807) is 7.05 Å². The Hall–Kier alpha value is -1.24. The molecule has 20 heavy (non-hydrogen) atoms. The molecule has 0 radical (unpaired) electrons. The highest BCUT2D eigenvalue weighted by atomic mass is 32.2. The number of anilines is 2. The van der Waals surface area contributed by atoms with Crippen molar-refractivity contribution in [1.82, 2.24) is 15.0 Å². The third-order valence-corrected chi connectivity index (χ3v) is 4.43. The molecule has 1 aliphatic rings. The molecule has 0 aromatic carbocycles. The summed E-state index contributed by atoms with van der Waals surface area (Å²) >= 11 is 2.03. The average Bonchev–Trinajstić information content (AvgIpc) is 2.51. The van der Waals surface area contributed by atoms with E-state index in [2.05, 4.69) is 32.5 Å². The van der Waals surface area contributed by atoms with Crippen LogP contribution in [-0.2, 0) is 0 Å². The first-order valence-corrected chi connectivity index (χ1v) is 8.28. The number of hydrogen-bond acceptors (Lipinski definition) is 7. The predicted molar refractivity (Wildman–Crippen MR) is 83.7 cm³/mol. The number of rotatable bonds is 7. The number of nitrogens with zero attached hydrogens (tertiary/aromatic N) is 3. The van der Waals surface area contributed by atoms with Gasteiger partial charge < -0.3 is 15.4 Å². The predicted octanol–water partition coefficient (Wildman–Crippen LogP) is 2.40. The van der Waals surface area contributed by atoms with E-state index in [0.717, 1.165) is 13.0 Å². The molecule has 1 aromatic heterocycles. The molecule has 2 heterocycles. The molecular formula is C13H23N5OS. The van der Waals surface area contributed by atoms with Crippen molar-refractivity contribution in [3.63, 3.8) is 0 Å². The van der Waals surface area contributed by atoms with Crippen LogP contribution in [0.5, 0.6) is 6.01 Å². The molecule has 0 amide bonds. The zero-order valence-electron chi connectivity index (χ0n) is 12.2. The zero-order chi connectivity index (χ0) is 14.2. The van der Waals surface area contributed by atoms with Crippen LogP contribution in [0.1, 0.15) is 32.6 Å². The summed E-state index contributed by atoms with van der Waals surface area (Å²) < 4.78 is 5.48. The fraction of sp³-hybridized carbons (Fsp3) is 0.769. The average molecular weight is 297 g/mol. The van der Waals surface area contributed by atoms with E-state index in [0.29, 0.717) is 29.8 Å². The van der Waals surface area contributed by atoms with Gasteiger partial charge in [0.15, 0.2) is 0 Å². The number of nitrogens with one attached hydrogen (secondary N) is 2. The highest BCUT2D eigenvalue weighted by molar-refractivity contribution is 7.99. The maximum absolute atomic E-state index is 5.48. The van der Waals surface area contributed by atoms with Gasteiger partial charge >= 0.3 is 6.01 Å². The van der Waals surface area contributed by atoms with Crippen molar-refractivity contribution < 1.29 is 4.74 Å². The summed E-state index contributed by atoms with van der Waals surface area (Å²) in [6.45, 7) is 3.57. The van der Waals surface area contributed by atoms with Gasteiger partial charge in [0.25, 0.3) is 0 Å². The number of thioether (sulfide) groups is 1. The van der Waals surface area contributed by atoms with Crippen LogP contribution in [0.15, 0.2) is 0 Å². The number of aromatic nitrogens is 3. The zero-order valence-corrected chi connectivity index (χ0v) is 13.0. The van der Waals surface area contributed by atoms with Gasteiger partial charge in [-0.05, 0) is 25.0 Å². The molecule has 1 aliphatic heterocycles.